The monoisotopic (exact) mass is 387 g/mol. The maximum absolute atomic E-state index is 13.3. The van der Waals surface area contributed by atoms with E-state index in [1.165, 1.54) is 28.8 Å². The Kier molecular flexibility index (Phi) is 3.40. The van der Waals surface area contributed by atoms with Gasteiger partial charge < -0.3 is 10.5 Å². The molecule has 146 valence electrons. The lowest BCUT2D eigenvalue weighted by Gasteiger charge is -2.20. The largest absolute Gasteiger partial charge is 0.399 e. The van der Waals surface area contributed by atoms with Crippen molar-refractivity contribution in [2.24, 2.45) is 0 Å². The summed E-state index contributed by atoms with van der Waals surface area (Å²) in [5.41, 5.74) is 12.5. The molecule has 1 saturated carbocycles. The van der Waals surface area contributed by atoms with E-state index in [2.05, 4.69) is 17.2 Å². The Labute approximate surface area is 168 Å². The first kappa shape index (κ1) is 17.0. The lowest BCUT2D eigenvalue weighted by molar-refractivity contribution is 0.235. The number of benzene rings is 2. The normalized spacial score (nSPS) is 26.4. The predicted octanol–water partition coefficient (Wildman–Crippen LogP) is 4.47. The van der Waals surface area contributed by atoms with Gasteiger partial charge in [0.05, 0.1) is 17.6 Å². The molecule has 2 atom stereocenters. The highest BCUT2D eigenvalue weighted by Crippen LogP contribution is 2.67. The highest BCUT2D eigenvalue weighted by molar-refractivity contribution is 5.66. The van der Waals surface area contributed by atoms with Crippen molar-refractivity contribution < 1.29 is 9.13 Å². The van der Waals surface area contributed by atoms with E-state index in [1.54, 1.807) is 12.1 Å². The third kappa shape index (κ3) is 2.37. The van der Waals surface area contributed by atoms with Crippen molar-refractivity contribution in [3.05, 3.63) is 82.9 Å². The van der Waals surface area contributed by atoms with Crippen molar-refractivity contribution in [3.63, 3.8) is 0 Å². The molecular weight excluding hydrogens is 365 g/mol. The first-order valence-corrected chi connectivity index (χ1v) is 10.2. The summed E-state index contributed by atoms with van der Waals surface area (Å²) in [5, 5.41) is 4.58. The molecular formula is C24H22FN3O. The topological polar surface area (TPSA) is 56.4 Å². The molecule has 1 unspecified atom stereocenters. The summed E-state index contributed by atoms with van der Waals surface area (Å²) in [6.45, 7) is 0. The number of anilines is 1. The fourth-order valence-electron chi connectivity index (χ4n) is 5.34. The smallest absolute Gasteiger partial charge is 0.123 e. The van der Waals surface area contributed by atoms with Crippen molar-refractivity contribution in [3.8, 4) is 5.69 Å². The summed E-state index contributed by atoms with van der Waals surface area (Å²) in [6.07, 6.45) is 9.07. The number of para-hydroxylation sites is 1. The van der Waals surface area contributed by atoms with Crippen LogP contribution in [0.25, 0.3) is 11.8 Å². The van der Waals surface area contributed by atoms with E-state index >= 15 is 0 Å². The van der Waals surface area contributed by atoms with Gasteiger partial charge in [0.2, 0.25) is 0 Å². The molecule has 0 amide bonds. The SMILES string of the molecule is Nc1ccccc1CC[C@]12CCC3=Cc4c(cnn4-c4ccc(F)cc4)CC31O2. The van der Waals surface area contributed by atoms with Crippen LogP contribution in [0.2, 0.25) is 0 Å². The van der Waals surface area contributed by atoms with E-state index < -0.39 is 0 Å². The molecule has 2 aliphatic carbocycles. The quantitative estimate of drug-likeness (QED) is 0.531. The van der Waals surface area contributed by atoms with E-state index in [9.17, 15) is 4.39 Å². The predicted molar refractivity (Wildman–Crippen MR) is 110 cm³/mol. The molecule has 3 aliphatic rings. The maximum Gasteiger partial charge on any atom is 0.123 e. The van der Waals surface area contributed by atoms with Crippen LogP contribution in [0.5, 0.6) is 0 Å². The molecule has 1 saturated heterocycles. The number of aryl methyl sites for hydroxylation is 1. The lowest BCUT2D eigenvalue weighted by Crippen LogP contribution is -2.27. The standard InChI is InChI=1S/C24H22FN3O/c25-19-5-7-20(8-6-19)28-22-13-18-10-12-23(11-9-16-3-1-2-4-21(16)26)24(18,29-23)14-17(22)15-27-28/h1-8,13,15H,9-12,14,26H2/t23-,24?/m0/s1. The van der Waals surface area contributed by atoms with Crippen LogP contribution in [0.1, 0.15) is 36.1 Å². The van der Waals surface area contributed by atoms with Crippen molar-refractivity contribution in [2.45, 2.75) is 43.3 Å². The number of hydrogen-bond donors (Lipinski definition) is 1. The minimum atomic E-state index is -0.238. The minimum absolute atomic E-state index is 0.0726. The molecule has 5 heteroatoms. The number of hydrogen-bond acceptors (Lipinski definition) is 3. The Morgan fingerprint density at radius 2 is 1.97 bits per heavy atom. The summed E-state index contributed by atoms with van der Waals surface area (Å²) in [6, 6.07) is 14.6. The van der Waals surface area contributed by atoms with Crippen LogP contribution in [0, 0.1) is 5.82 Å². The van der Waals surface area contributed by atoms with Gasteiger partial charge in [0.15, 0.2) is 0 Å². The van der Waals surface area contributed by atoms with Gasteiger partial charge in [-0.1, -0.05) is 18.2 Å². The Bertz CT molecular complexity index is 1150. The van der Waals surface area contributed by atoms with Crippen LogP contribution >= 0.6 is 0 Å². The summed E-state index contributed by atoms with van der Waals surface area (Å²) in [4.78, 5) is 0. The highest BCUT2D eigenvalue weighted by atomic mass is 19.1. The van der Waals surface area contributed by atoms with Gasteiger partial charge in [-0.15, -0.1) is 0 Å². The van der Waals surface area contributed by atoms with Gasteiger partial charge in [-0.3, -0.25) is 0 Å². The molecule has 0 bridgehead atoms. The molecule has 2 N–H and O–H groups in total. The Morgan fingerprint density at radius 3 is 2.79 bits per heavy atom. The number of epoxide rings is 1. The second-order valence-electron chi connectivity index (χ2n) is 8.41. The average molecular weight is 387 g/mol. The van der Waals surface area contributed by atoms with Gasteiger partial charge >= 0.3 is 0 Å². The zero-order chi connectivity index (χ0) is 19.6. The molecule has 6 rings (SSSR count). The maximum atomic E-state index is 13.3. The van der Waals surface area contributed by atoms with Crippen molar-refractivity contribution in [1.29, 1.82) is 0 Å². The zero-order valence-corrected chi connectivity index (χ0v) is 16.1. The first-order valence-electron chi connectivity index (χ1n) is 10.2. The van der Waals surface area contributed by atoms with Crippen molar-refractivity contribution in [2.75, 3.05) is 5.73 Å². The molecule has 3 aromatic rings. The fraction of sp³-hybridized carbons (Fsp3) is 0.292. The number of rotatable bonds is 4. The summed E-state index contributed by atoms with van der Waals surface area (Å²) in [5.74, 6) is -0.238. The summed E-state index contributed by atoms with van der Waals surface area (Å²) >= 11 is 0. The van der Waals surface area contributed by atoms with Crippen LogP contribution < -0.4 is 5.73 Å². The number of halogens is 1. The van der Waals surface area contributed by atoms with Crippen LogP contribution in [0.4, 0.5) is 10.1 Å². The average Bonchev–Trinajstić information content (AvgIpc) is 3.01. The van der Waals surface area contributed by atoms with Crippen molar-refractivity contribution in [1.82, 2.24) is 9.78 Å². The number of nitrogen functional groups attached to an aromatic ring is 1. The first-order chi connectivity index (χ1) is 14.1. The molecule has 4 nitrogen and oxygen atoms in total. The Hall–Kier alpha value is -2.92. The van der Waals surface area contributed by atoms with Crippen LogP contribution in [-0.2, 0) is 17.6 Å². The zero-order valence-electron chi connectivity index (χ0n) is 16.1. The second kappa shape index (κ2) is 5.80. The van der Waals surface area contributed by atoms with Gasteiger partial charge in [0.1, 0.15) is 17.0 Å². The second-order valence-corrected chi connectivity index (χ2v) is 8.41. The van der Waals surface area contributed by atoms with Gasteiger partial charge in [-0.05, 0) is 73.2 Å². The number of fused-ring (bicyclic) bond motifs is 1. The molecule has 2 aromatic carbocycles. The third-order valence-electron chi connectivity index (χ3n) is 6.94. The molecule has 0 radical (unpaired) electrons. The fourth-order valence-corrected chi connectivity index (χ4v) is 5.34. The van der Waals surface area contributed by atoms with Gasteiger partial charge in [0.25, 0.3) is 0 Å². The van der Waals surface area contributed by atoms with E-state index in [1.807, 2.05) is 29.1 Å². The van der Waals surface area contributed by atoms with E-state index in [-0.39, 0.29) is 17.0 Å². The van der Waals surface area contributed by atoms with Crippen LogP contribution in [-0.4, -0.2) is 21.0 Å². The van der Waals surface area contributed by atoms with Crippen molar-refractivity contribution >= 4 is 11.8 Å². The number of nitrogens with zero attached hydrogens (tertiary/aromatic N) is 2. The molecule has 1 aromatic heterocycles. The molecule has 2 heterocycles. The van der Waals surface area contributed by atoms with E-state index in [0.717, 1.165) is 49.2 Å². The molecule has 1 spiro atoms. The van der Waals surface area contributed by atoms with Gasteiger partial charge in [-0.25, -0.2) is 9.07 Å². The third-order valence-corrected chi connectivity index (χ3v) is 6.94. The van der Waals surface area contributed by atoms with E-state index in [4.69, 9.17) is 10.5 Å². The molecule has 1 aliphatic heterocycles. The molecule has 2 fully saturated rings. The van der Waals surface area contributed by atoms with Crippen LogP contribution in [0.3, 0.4) is 0 Å². The van der Waals surface area contributed by atoms with Gasteiger partial charge in [-0.2, -0.15) is 5.10 Å². The summed E-state index contributed by atoms with van der Waals surface area (Å²) in [7, 11) is 0. The minimum Gasteiger partial charge on any atom is -0.399 e. The molecule has 29 heavy (non-hydrogen) atoms. The summed E-state index contributed by atoms with van der Waals surface area (Å²) < 4.78 is 21.7. The Morgan fingerprint density at radius 1 is 1.14 bits per heavy atom. The Balaban J connectivity index is 1.29. The lowest BCUT2D eigenvalue weighted by atomic mass is 9.81. The number of nitrogens with two attached hydrogens (primary N) is 1. The highest BCUT2D eigenvalue weighted by Gasteiger charge is 2.74. The van der Waals surface area contributed by atoms with Gasteiger partial charge in [0, 0.05) is 17.7 Å². The van der Waals surface area contributed by atoms with Crippen LogP contribution in [0.15, 0.2) is 60.3 Å². The van der Waals surface area contributed by atoms with E-state index in [0.29, 0.717) is 0 Å². The number of ether oxygens (including phenoxy) is 1. The number of aromatic nitrogens is 2.